The monoisotopic (exact) mass is 290 g/mol. The summed E-state index contributed by atoms with van der Waals surface area (Å²) in [6, 6.07) is 6.06. The van der Waals surface area contributed by atoms with Crippen LogP contribution in [0.5, 0.6) is 0 Å². The van der Waals surface area contributed by atoms with E-state index in [-0.39, 0.29) is 0 Å². The average Bonchev–Trinajstić information content (AvgIpc) is 3.02. The Labute approximate surface area is 122 Å². The van der Waals surface area contributed by atoms with Gasteiger partial charge in [0.05, 0.1) is 15.8 Å². The molecular weight excluding hydrogens is 272 g/mol. The third kappa shape index (κ3) is 2.25. The minimum atomic E-state index is -0.421. The highest BCUT2D eigenvalue weighted by atomic mass is 32.1. The number of anilines is 1. The number of likely N-dealkylation sites (tertiary alicyclic amines) is 1. The van der Waals surface area contributed by atoms with E-state index >= 15 is 0 Å². The van der Waals surface area contributed by atoms with E-state index in [0.29, 0.717) is 11.6 Å². The summed E-state index contributed by atoms with van der Waals surface area (Å²) in [7, 11) is 4.21. The summed E-state index contributed by atoms with van der Waals surface area (Å²) in [5.74, 6) is -0.421. The van der Waals surface area contributed by atoms with Crippen LogP contribution in [-0.2, 0) is 0 Å². The molecule has 2 N–H and O–H groups in total. The zero-order valence-corrected chi connectivity index (χ0v) is 12.5. The van der Waals surface area contributed by atoms with E-state index in [0.717, 1.165) is 34.9 Å². The summed E-state index contributed by atoms with van der Waals surface area (Å²) in [5.41, 5.74) is 6.63. The van der Waals surface area contributed by atoms with Crippen LogP contribution < -0.4 is 10.6 Å². The van der Waals surface area contributed by atoms with E-state index in [4.69, 9.17) is 5.73 Å². The molecule has 1 aromatic heterocycles. The fraction of sp³-hybridized carbons (Fsp3) is 0.429. The number of para-hydroxylation sites is 1. The second kappa shape index (κ2) is 5.03. The van der Waals surface area contributed by atoms with E-state index in [2.05, 4.69) is 28.9 Å². The lowest BCUT2D eigenvalue weighted by Gasteiger charge is -2.23. The first-order valence-corrected chi connectivity index (χ1v) is 7.48. The van der Waals surface area contributed by atoms with Gasteiger partial charge in [0.2, 0.25) is 0 Å². The van der Waals surface area contributed by atoms with Crippen LogP contribution in [0.25, 0.3) is 10.2 Å². The highest BCUT2D eigenvalue weighted by Gasteiger charge is 2.25. The normalized spacial score (nSPS) is 19.6. The number of hydrogen-bond donors (Lipinski definition) is 1. The van der Waals surface area contributed by atoms with Crippen molar-refractivity contribution in [1.29, 1.82) is 0 Å². The van der Waals surface area contributed by atoms with Crippen LogP contribution in [0.15, 0.2) is 18.2 Å². The van der Waals surface area contributed by atoms with E-state index in [1.54, 1.807) is 17.4 Å². The van der Waals surface area contributed by atoms with Crippen LogP contribution in [0.4, 0.5) is 5.13 Å². The number of likely N-dealkylation sites (N-methyl/N-ethyl adjacent to an activating group) is 2. The van der Waals surface area contributed by atoms with E-state index in [9.17, 15) is 4.79 Å². The lowest BCUT2D eigenvalue weighted by atomic mass is 10.2. The summed E-state index contributed by atoms with van der Waals surface area (Å²) in [6.45, 7) is 2.17. The quantitative estimate of drug-likeness (QED) is 0.931. The molecule has 3 rings (SSSR count). The number of nitrogens with zero attached hydrogens (tertiary/aromatic N) is 3. The Morgan fingerprint density at radius 1 is 1.55 bits per heavy atom. The van der Waals surface area contributed by atoms with Gasteiger partial charge in [-0.1, -0.05) is 17.4 Å². The molecule has 6 heteroatoms. The van der Waals surface area contributed by atoms with E-state index in [1.165, 1.54) is 0 Å². The Kier molecular flexibility index (Phi) is 3.35. The van der Waals surface area contributed by atoms with Crippen molar-refractivity contribution in [2.75, 3.05) is 32.1 Å². The molecule has 20 heavy (non-hydrogen) atoms. The number of aromatic nitrogens is 1. The number of carbonyl (C=O) groups is 1. The molecule has 106 valence electrons. The maximum atomic E-state index is 11.5. The molecule has 1 fully saturated rings. The molecule has 5 nitrogen and oxygen atoms in total. The molecule has 0 aliphatic carbocycles. The van der Waals surface area contributed by atoms with Crippen LogP contribution in [0, 0.1) is 0 Å². The van der Waals surface area contributed by atoms with Crippen molar-refractivity contribution in [2.45, 2.75) is 12.5 Å². The molecule has 1 aliphatic heterocycles. The maximum absolute atomic E-state index is 11.5. The van der Waals surface area contributed by atoms with Gasteiger partial charge in [0, 0.05) is 19.6 Å². The number of thiazole rings is 1. The topological polar surface area (TPSA) is 62.5 Å². The Hall–Kier alpha value is -1.66. The van der Waals surface area contributed by atoms with Gasteiger partial charge < -0.3 is 15.5 Å². The Morgan fingerprint density at radius 3 is 3.00 bits per heavy atom. The fourth-order valence-electron chi connectivity index (χ4n) is 2.67. The number of amides is 1. The molecule has 1 aliphatic rings. The van der Waals surface area contributed by atoms with Gasteiger partial charge >= 0.3 is 0 Å². The first kappa shape index (κ1) is 13.3. The van der Waals surface area contributed by atoms with Crippen LogP contribution in [0.2, 0.25) is 0 Å². The minimum absolute atomic E-state index is 0.421. The zero-order chi connectivity index (χ0) is 14.3. The molecule has 2 aromatic rings. The lowest BCUT2D eigenvalue weighted by molar-refractivity contribution is 0.100. The van der Waals surface area contributed by atoms with Gasteiger partial charge in [0.25, 0.3) is 5.91 Å². The molecule has 0 bridgehead atoms. The van der Waals surface area contributed by atoms with Crippen molar-refractivity contribution in [2.24, 2.45) is 5.73 Å². The molecule has 0 spiro atoms. The van der Waals surface area contributed by atoms with Crippen molar-refractivity contribution in [3.63, 3.8) is 0 Å². The van der Waals surface area contributed by atoms with E-state index < -0.39 is 5.91 Å². The fourth-order valence-corrected chi connectivity index (χ4v) is 3.70. The largest absolute Gasteiger partial charge is 0.366 e. The van der Waals surface area contributed by atoms with Gasteiger partial charge in [0.1, 0.15) is 0 Å². The first-order chi connectivity index (χ1) is 9.56. The van der Waals surface area contributed by atoms with Crippen molar-refractivity contribution >= 4 is 32.6 Å². The number of rotatable bonds is 3. The van der Waals surface area contributed by atoms with Crippen molar-refractivity contribution in [1.82, 2.24) is 9.88 Å². The predicted molar refractivity (Wildman–Crippen MR) is 82.4 cm³/mol. The number of hydrogen-bond acceptors (Lipinski definition) is 5. The number of primary amides is 1. The van der Waals surface area contributed by atoms with Gasteiger partial charge in [-0.25, -0.2) is 4.98 Å². The van der Waals surface area contributed by atoms with Crippen LogP contribution in [-0.4, -0.2) is 49.0 Å². The summed E-state index contributed by atoms with van der Waals surface area (Å²) in [6.07, 6.45) is 1.14. The van der Waals surface area contributed by atoms with Gasteiger partial charge in [-0.15, -0.1) is 0 Å². The van der Waals surface area contributed by atoms with E-state index in [1.807, 2.05) is 12.1 Å². The van der Waals surface area contributed by atoms with Gasteiger partial charge in [-0.05, 0) is 32.1 Å². The molecule has 2 heterocycles. The summed E-state index contributed by atoms with van der Waals surface area (Å²) in [4.78, 5) is 20.6. The number of fused-ring (bicyclic) bond motifs is 1. The summed E-state index contributed by atoms with van der Waals surface area (Å²) < 4.78 is 1.01. The minimum Gasteiger partial charge on any atom is -0.366 e. The van der Waals surface area contributed by atoms with Crippen molar-refractivity contribution < 1.29 is 4.79 Å². The van der Waals surface area contributed by atoms with Crippen LogP contribution >= 0.6 is 11.3 Å². The Morgan fingerprint density at radius 2 is 2.35 bits per heavy atom. The highest BCUT2D eigenvalue weighted by Crippen LogP contribution is 2.32. The first-order valence-electron chi connectivity index (χ1n) is 6.67. The smallest absolute Gasteiger partial charge is 0.250 e. The van der Waals surface area contributed by atoms with Crippen LogP contribution in [0.1, 0.15) is 16.8 Å². The van der Waals surface area contributed by atoms with Crippen molar-refractivity contribution in [3.8, 4) is 0 Å². The molecule has 0 saturated carbocycles. The lowest BCUT2D eigenvalue weighted by Crippen LogP contribution is -2.33. The van der Waals surface area contributed by atoms with Gasteiger partial charge in [-0.2, -0.15) is 0 Å². The van der Waals surface area contributed by atoms with Gasteiger partial charge in [0.15, 0.2) is 5.13 Å². The second-order valence-electron chi connectivity index (χ2n) is 5.33. The number of carbonyl (C=O) groups excluding carboxylic acids is 1. The van der Waals surface area contributed by atoms with Crippen LogP contribution in [0.3, 0.4) is 0 Å². The Balaban J connectivity index is 1.96. The molecular formula is C14H18N4OS. The standard InChI is InChI=1S/C14H18N4OS/c1-17-7-6-9(8-17)18(2)14-16-12-10(13(15)19)4-3-5-11(12)20-14/h3-5,9H,6-8H2,1-2H3,(H2,15,19). The zero-order valence-electron chi connectivity index (χ0n) is 11.7. The third-order valence-electron chi connectivity index (χ3n) is 3.89. The Bertz CT molecular complexity index is 654. The number of nitrogens with two attached hydrogens (primary N) is 1. The summed E-state index contributed by atoms with van der Waals surface area (Å²) in [5, 5.41) is 0.953. The highest BCUT2D eigenvalue weighted by molar-refractivity contribution is 7.22. The molecule has 1 saturated heterocycles. The SMILES string of the molecule is CN1CCC(N(C)c2nc3c(C(N)=O)cccc3s2)C1. The average molecular weight is 290 g/mol. The number of benzene rings is 1. The molecule has 1 amide bonds. The van der Waals surface area contributed by atoms with Gasteiger partial charge in [-0.3, -0.25) is 4.79 Å². The predicted octanol–water partition coefficient (Wildman–Crippen LogP) is 1.54. The summed E-state index contributed by atoms with van der Waals surface area (Å²) >= 11 is 1.61. The molecule has 1 aromatic carbocycles. The molecule has 1 unspecified atom stereocenters. The second-order valence-corrected chi connectivity index (χ2v) is 6.34. The molecule has 1 atom stereocenters. The maximum Gasteiger partial charge on any atom is 0.250 e. The molecule has 0 radical (unpaired) electrons. The van der Waals surface area contributed by atoms with Crippen molar-refractivity contribution in [3.05, 3.63) is 23.8 Å². The third-order valence-corrected chi connectivity index (χ3v) is 5.00.